The fraction of sp³-hybridized carbons (Fsp3) is 0.304. The first kappa shape index (κ1) is 21.8. The highest BCUT2D eigenvalue weighted by Crippen LogP contribution is 2.26. The number of nitrogens with zero attached hydrogens (tertiary/aromatic N) is 5. The maximum Gasteiger partial charge on any atom is 0.244 e. The van der Waals surface area contributed by atoms with Gasteiger partial charge in [0.15, 0.2) is 10.8 Å². The fourth-order valence-corrected chi connectivity index (χ4v) is 4.72. The number of amides is 1. The number of rotatable bonds is 6. The van der Waals surface area contributed by atoms with Gasteiger partial charge in [0.25, 0.3) is 0 Å². The van der Waals surface area contributed by atoms with E-state index in [4.69, 9.17) is 20.5 Å². The van der Waals surface area contributed by atoms with E-state index in [0.29, 0.717) is 36.2 Å². The maximum atomic E-state index is 12.8. The summed E-state index contributed by atoms with van der Waals surface area (Å²) >= 11 is 7.44. The number of benzene rings is 1. The first-order valence-corrected chi connectivity index (χ1v) is 11.9. The smallest absolute Gasteiger partial charge is 0.244 e. The number of piperazine rings is 1. The van der Waals surface area contributed by atoms with Crippen LogP contribution in [0.15, 0.2) is 57.0 Å². The minimum absolute atomic E-state index is 0.0369. The summed E-state index contributed by atoms with van der Waals surface area (Å²) < 4.78 is 10.9. The van der Waals surface area contributed by atoms with E-state index in [0.717, 1.165) is 35.1 Å². The Morgan fingerprint density at radius 2 is 1.94 bits per heavy atom. The molecule has 0 saturated carbocycles. The molecule has 4 aromatic rings. The van der Waals surface area contributed by atoms with Gasteiger partial charge in [-0.1, -0.05) is 16.8 Å². The fourth-order valence-electron chi connectivity index (χ4n) is 3.80. The summed E-state index contributed by atoms with van der Waals surface area (Å²) in [5.74, 6) is 1.91. The number of halogens is 1. The maximum absolute atomic E-state index is 12.8. The van der Waals surface area contributed by atoms with Gasteiger partial charge < -0.3 is 13.8 Å². The molecule has 8 nitrogen and oxygen atoms in total. The summed E-state index contributed by atoms with van der Waals surface area (Å²) in [6.45, 7) is 4.82. The highest BCUT2D eigenvalue weighted by atomic mass is 35.5. The average Bonchev–Trinajstić information content (AvgIpc) is 3.61. The third kappa shape index (κ3) is 4.85. The summed E-state index contributed by atoms with van der Waals surface area (Å²) in [7, 11) is 0. The molecule has 0 N–H and O–H groups in total. The van der Waals surface area contributed by atoms with Crippen LogP contribution in [0.2, 0.25) is 5.02 Å². The van der Waals surface area contributed by atoms with E-state index >= 15 is 0 Å². The van der Waals surface area contributed by atoms with Crippen molar-refractivity contribution in [1.82, 2.24) is 24.9 Å². The van der Waals surface area contributed by atoms with Crippen molar-refractivity contribution in [2.24, 2.45) is 0 Å². The van der Waals surface area contributed by atoms with Gasteiger partial charge in [-0.05, 0) is 43.3 Å². The van der Waals surface area contributed by atoms with E-state index < -0.39 is 0 Å². The summed E-state index contributed by atoms with van der Waals surface area (Å²) in [5, 5.41) is 7.48. The second-order valence-corrected chi connectivity index (χ2v) is 9.15. The lowest BCUT2D eigenvalue weighted by Gasteiger charge is -2.36. The first-order valence-electron chi connectivity index (χ1n) is 10.7. The Labute approximate surface area is 199 Å². The number of hydrogen-bond donors (Lipinski definition) is 0. The second kappa shape index (κ2) is 9.46. The molecule has 1 aromatic carbocycles. The van der Waals surface area contributed by atoms with Gasteiger partial charge in [-0.25, -0.2) is 4.98 Å². The molecule has 170 valence electrons. The number of thiazole rings is 1. The number of aromatic nitrogens is 3. The molecule has 10 heteroatoms. The van der Waals surface area contributed by atoms with Gasteiger partial charge >= 0.3 is 0 Å². The zero-order valence-corrected chi connectivity index (χ0v) is 19.6. The van der Waals surface area contributed by atoms with Crippen molar-refractivity contribution < 1.29 is 13.7 Å². The molecule has 0 aliphatic carbocycles. The van der Waals surface area contributed by atoms with Gasteiger partial charge in [0, 0.05) is 42.1 Å². The second-order valence-electron chi connectivity index (χ2n) is 7.85. The number of carbonyl (C=O) groups excluding carboxylic acids is 1. The van der Waals surface area contributed by atoms with E-state index in [1.165, 1.54) is 11.3 Å². The van der Waals surface area contributed by atoms with Gasteiger partial charge in [0.05, 0.1) is 24.4 Å². The molecule has 1 saturated heterocycles. The van der Waals surface area contributed by atoms with E-state index in [9.17, 15) is 4.79 Å². The van der Waals surface area contributed by atoms with Crippen LogP contribution in [0, 0.1) is 0 Å². The predicted molar refractivity (Wildman–Crippen MR) is 125 cm³/mol. The Hall–Kier alpha value is -3.01. The molecule has 5 rings (SSSR count). The summed E-state index contributed by atoms with van der Waals surface area (Å²) in [4.78, 5) is 26.0. The molecule has 0 radical (unpaired) electrons. The number of furan rings is 1. The quantitative estimate of drug-likeness (QED) is 0.397. The van der Waals surface area contributed by atoms with Gasteiger partial charge in [-0.15, -0.1) is 11.3 Å². The van der Waals surface area contributed by atoms with Crippen molar-refractivity contribution in [3.8, 4) is 22.2 Å². The molecule has 1 fully saturated rings. The first-order chi connectivity index (χ1) is 16.1. The average molecular weight is 484 g/mol. The SMILES string of the molecule is CC(c1nc(-c2ccc(Cl)cc2)no1)N1CCN(C(=O)Cc2csc(-c3ccco3)n2)CC1. The number of carbonyl (C=O) groups is 1. The standard InChI is InChI=1S/C23H22ClN5O3S/c1-15(22-26-21(27-32-22)16-4-6-17(24)7-5-16)28-8-10-29(11-9-28)20(30)13-18-14-33-23(25-18)19-3-2-12-31-19/h2-7,12,14-15H,8-11,13H2,1H3. The summed E-state index contributed by atoms with van der Waals surface area (Å²) in [6.07, 6.45) is 1.91. The van der Waals surface area contributed by atoms with Crippen molar-refractivity contribution in [2.45, 2.75) is 19.4 Å². The third-order valence-corrected chi connectivity index (χ3v) is 6.89. The minimum Gasteiger partial charge on any atom is -0.462 e. The van der Waals surface area contributed by atoms with E-state index in [-0.39, 0.29) is 11.9 Å². The third-order valence-electron chi connectivity index (χ3n) is 5.73. The topological polar surface area (TPSA) is 88.5 Å². The monoisotopic (exact) mass is 483 g/mol. The lowest BCUT2D eigenvalue weighted by atomic mass is 10.2. The van der Waals surface area contributed by atoms with Crippen molar-refractivity contribution in [1.29, 1.82) is 0 Å². The van der Waals surface area contributed by atoms with Crippen molar-refractivity contribution in [2.75, 3.05) is 26.2 Å². The Morgan fingerprint density at radius 3 is 2.67 bits per heavy atom. The molecule has 1 aliphatic rings. The highest BCUT2D eigenvalue weighted by Gasteiger charge is 2.28. The Morgan fingerprint density at radius 1 is 1.15 bits per heavy atom. The van der Waals surface area contributed by atoms with Crippen molar-refractivity contribution >= 4 is 28.8 Å². The van der Waals surface area contributed by atoms with Gasteiger partial charge in [-0.3, -0.25) is 9.69 Å². The van der Waals surface area contributed by atoms with E-state index in [2.05, 4.69) is 20.0 Å². The highest BCUT2D eigenvalue weighted by molar-refractivity contribution is 7.13. The summed E-state index contributed by atoms with van der Waals surface area (Å²) in [6, 6.07) is 11.0. The van der Waals surface area contributed by atoms with Crippen LogP contribution in [0.25, 0.3) is 22.2 Å². The molecular weight excluding hydrogens is 462 g/mol. The van der Waals surface area contributed by atoms with E-state index in [1.54, 1.807) is 18.4 Å². The van der Waals surface area contributed by atoms with E-state index in [1.807, 2.05) is 41.5 Å². The van der Waals surface area contributed by atoms with Crippen LogP contribution in [0.5, 0.6) is 0 Å². The molecule has 0 bridgehead atoms. The van der Waals surface area contributed by atoms with Crippen LogP contribution in [0.1, 0.15) is 24.6 Å². The lowest BCUT2D eigenvalue weighted by Crippen LogP contribution is -2.49. The Balaban J connectivity index is 1.15. The van der Waals surface area contributed by atoms with Crippen LogP contribution in [-0.4, -0.2) is 57.0 Å². The molecule has 4 heterocycles. The van der Waals surface area contributed by atoms with Crippen LogP contribution in [0.4, 0.5) is 0 Å². The van der Waals surface area contributed by atoms with Crippen molar-refractivity contribution in [3.63, 3.8) is 0 Å². The van der Waals surface area contributed by atoms with Crippen molar-refractivity contribution in [3.05, 3.63) is 64.6 Å². The molecule has 33 heavy (non-hydrogen) atoms. The molecule has 1 aliphatic heterocycles. The van der Waals surface area contributed by atoms with Gasteiger partial charge in [-0.2, -0.15) is 4.98 Å². The largest absolute Gasteiger partial charge is 0.462 e. The Kier molecular flexibility index (Phi) is 6.26. The molecule has 1 unspecified atom stereocenters. The Bertz CT molecular complexity index is 1210. The zero-order valence-electron chi connectivity index (χ0n) is 18.0. The van der Waals surface area contributed by atoms with Crippen LogP contribution in [-0.2, 0) is 11.2 Å². The summed E-state index contributed by atoms with van der Waals surface area (Å²) in [5.41, 5.74) is 1.63. The number of hydrogen-bond acceptors (Lipinski definition) is 8. The zero-order chi connectivity index (χ0) is 22.8. The van der Waals surface area contributed by atoms with Gasteiger partial charge in [0.2, 0.25) is 17.6 Å². The van der Waals surface area contributed by atoms with Crippen LogP contribution >= 0.6 is 22.9 Å². The lowest BCUT2D eigenvalue weighted by molar-refractivity contribution is -0.132. The van der Waals surface area contributed by atoms with Crippen LogP contribution in [0.3, 0.4) is 0 Å². The molecule has 3 aromatic heterocycles. The van der Waals surface area contributed by atoms with Crippen LogP contribution < -0.4 is 0 Å². The molecule has 1 amide bonds. The molecular formula is C23H22ClN5O3S. The molecule has 1 atom stereocenters. The minimum atomic E-state index is -0.0369. The molecule has 0 spiro atoms. The predicted octanol–water partition coefficient (Wildman–Crippen LogP) is 4.55. The van der Waals surface area contributed by atoms with Gasteiger partial charge in [0.1, 0.15) is 0 Å². The normalized spacial score (nSPS) is 15.6.